The molecule has 0 radical (unpaired) electrons. The van der Waals surface area contributed by atoms with E-state index < -0.39 is 0 Å². The molecule has 1 fully saturated rings. The average molecular weight is 292 g/mol. The molecule has 0 aliphatic heterocycles. The lowest BCUT2D eigenvalue weighted by Crippen LogP contribution is -2.35. The number of hydrogen-bond acceptors (Lipinski definition) is 3. The van der Waals surface area contributed by atoms with Crippen molar-refractivity contribution in [3.8, 4) is 0 Å². The predicted octanol–water partition coefficient (Wildman–Crippen LogP) is 3.21. The van der Waals surface area contributed by atoms with E-state index in [-0.39, 0.29) is 0 Å². The van der Waals surface area contributed by atoms with Crippen LogP contribution in [0.3, 0.4) is 0 Å². The van der Waals surface area contributed by atoms with E-state index >= 15 is 0 Å². The maximum atomic E-state index is 4.34. The lowest BCUT2D eigenvalue weighted by Gasteiger charge is -2.31. The second-order valence-corrected chi connectivity index (χ2v) is 6.43. The number of rotatable bonds is 8. The highest BCUT2D eigenvalue weighted by Crippen LogP contribution is 2.21. The Bertz CT molecular complexity index is 395. The normalized spacial score (nSPS) is 18.3. The van der Waals surface area contributed by atoms with Gasteiger partial charge in [0.1, 0.15) is 0 Å². The molecule has 2 rings (SSSR count). The quantitative estimate of drug-likeness (QED) is 0.747. The molecule has 0 aromatic carbocycles. The summed E-state index contributed by atoms with van der Waals surface area (Å²) in [5, 5.41) is 7.96. The van der Waals surface area contributed by atoms with E-state index in [0.717, 1.165) is 19.1 Å². The molecule has 0 saturated heterocycles. The first kappa shape index (κ1) is 16.5. The Hall–Kier alpha value is -0.870. The molecule has 1 aromatic heterocycles. The predicted molar refractivity (Wildman–Crippen MR) is 88.4 cm³/mol. The average Bonchev–Trinajstić information content (AvgIpc) is 3.01. The largest absolute Gasteiger partial charge is 0.310 e. The van der Waals surface area contributed by atoms with Gasteiger partial charge in [-0.05, 0) is 53.2 Å². The molecule has 1 heterocycles. The molecule has 120 valence electrons. The van der Waals surface area contributed by atoms with Crippen molar-refractivity contribution in [1.82, 2.24) is 20.0 Å². The number of aromatic nitrogens is 2. The summed E-state index contributed by atoms with van der Waals surface area (Å²) < 4.78 is 1.99. The van der Waals surface area contributed by atoms with E-state index in [2.05, 4.69) is 42.4 Å². The summed E-state index contributed by atoms with van der Waals surface area (Å²) in [6.45, 7) is 7.57. The zero-order valence-corrected chi connectivity index (χ0v) is 14.0. The summed E-state index contributed by atoms with van der Waals surface area (Å²) in [4.78, 5) is 2.57. The van der Waals surface area contributed by atoms with Gasteiger partial charge in [0.15, 0.2) is 0 Å². The number of aryl methyl sites for hydroxylation is 1. The van der Waals surface area contributed by atoms with E-state index in [1.165, 1.54) is 50.6 Å². The van der Waals surface area contributed by atoms with Gasteiger partial charge in [0.25, 0.3) is 0 Å². The molecule has 21 heavy (non-hydrogen) atoms. The molecule has 4 heteroatoms. The molecule has 1 atom stereocenters. The molecule has 1 aliphatic rings. The van der Waals surface area contributed by atoms with Crippen LogP contribution in [0.1, 0.15) is 64.0 Å². The SMILES string of the molecule is CCn1cc(C(C)NCCCN(C)C2CCCCC2)cn1. The van der Waals surface area contributed by atoms with Gasteiger partial charge in [-0.2, -0.15) is 5.10 Å². The third-order valence-corrected chi connectivity index (χ3v) is 4.81. The molecule has 4 nitrogen and oxygen atoms in total. The zero-order chi connectivity index (χ0) is 15.1. The zero-order valence-electron chi connectivity index (χ0n) is 14.0. The minimum Gasteiger partial charge on any atom is -0.310 e. The molecule has 1 aromatic rings. The summed E-state index contributed by atoms with van der Waals surface area (Å²) in [6, 6.07) is 1.23. The third-order valence-electron chi connectivity index (χ3n) is 4.81. The lowest BCUT2D eigenvalue weighted by atomic mass is 9.94. The van der Waals surface area contributed by atoms with Gasteiger partial charge in [-0.15, -0.1) is 0 Å². The Balaban J connectivity index is 1.62. The maximum absolute atomic E-state index is 4.34. The smallest absolute Gasteiger partial charge is 0.0537 e. The summed E-state index contributed by atoms with van der Waals surface area (Å²) in [6.07, 6.45) is 12.4. The van der Waals surface area contributed by atoms with Gasteiger partial charge in [-0.1, -0.05) is 19.3 Å². The molecule has 1 saturated carbocycles. The van der Waals surface area contributed by atoms with Gasteiger partial charge in [0.05, 0.1) is 6.20 Å². The Morgan fingerprint density at radius 3 is 2.81 bits per heavy atom. The minimum absolute atomic E-state index is 0.394. The van der Waals surface area contributed by atoms with Crippen molar-refractivity contribution >= 4 is 0 Å². The maximum Gasteiger partial charge on any atom is 0.0537 e. The second kappa shape index (κ2) is 8.54. The number of nitrogens with zero attached hydrogens (tertiary/aromatic N) is 3. The van der Waals surface area contributed by atoms with Crippen LogP contribution in [0.2, 0.25) is 0 Å². The fraction of sp³-hybridized carbons (Fsp3) is 0.824. The topological polar surface area (TPSA) is 33.1 Å². The summed E-state index contributed by atoms with van der Waals surface area (Å²) in [7, 11) is 2.30. The van der Waals surface area contributed by atoms with Crippen LogP contribution < -0.4 is 5.32 Å². The molecule has 0 amide bonds. The Morgan fingerprint density at radius 1 is 1.38 bits per heavy atom. The summed E-state index contributed by atoms with van der Waals surface area (Å²) in [5.74, 6) is 0. The van der Waals surface area contributed by atoms with E-state index in [9.17, 15) is 0 Å². The standard InChI is InChI=1S/C17H32N4/c1-4-21-14-16(13-19-21)15(2)18-11-8-12-20(3)17-9-6-5-7-10-17/h13-15,17-18H,4-12H2,1-3H3. The van der Waals surface area contributed by atoms with Gasteiger partial charge >= 0.3 is 0 Å². The number of nitrogens with one attached hydrogen (secondary N) is 1. The number of hydrogen-bond donors (Lipinski definition) is 1. The van der Waals surface area contributed by atoms with Crippen molar-refractivity contribution < 1.29 is 0 Å². The Morgan fingerprint density at radius 2 is 2.14 bits per heavy atom. The van der Waals surface area contributed by atoms with E-state index in [0.29, 0.717) is 6.04 Å². The van der Waals surface area contributed by atoms with Crippen LogP contribution in [0.4, 0.5) is 0 Å². The van der Waals surface area contributed by atoms with Crippen LogP contribution in [0, 0.1) is 0 Å². The van der Waals surface area contributed by atoms with Crippen molar-refractivity contribution in [3.05, 3.63) is 18.0 Å². The van der Waals surface area contributed by atoms with Crippen LogP contribution in [0.25, 0.3) is 0 Å². The van der Waals surface area contributed by atoms with Crippen LogP contribution in [-0.4, -0.2) is 40.9 Å². The molecule has 1 aliphatic carbocycles. The molecule has 0 spiro atoms. The van der Waals surface area contributed by atoms with Gasteiger partial charge in [-0.3, -0.25) is 4.68 Å². The van der Waals surface area contributed by atoms with Crippen molar-refractivity contribution in [2.24, 2.45) is 0 Å². The highest BCUT2D eigenvalue weighted by atomic mass is 15.3. The van der Waals surface area contributed by atoms with Crippen molar-refractivity contribution in [1.29, 1.82) is 0 Å². The molecule has 1 unspecified atom stereocenters. The highest BCUT2D eigenvalue weighted by Gasteiger charge is 2.17. The van der Waals surface area contributed by atoms with E-state index in [1.807, 2.05) is 10.9 Å². The van der Waals surface area contributed by atoms with Crippen molar-refractivity contribution in [2.45, 2.75) is 71.0 Å². The lowest BCUT2D eigenvalue weighted by molar-refractivity contribution is 0.189. The van der Waals surface area contributed by atoms with Crippen LogP contribution in [0.5, 0.6) is 0 Å². The van der Waals surface area contributed by atoms with E-state index in [4.69, 9.17) is 0 Å². The fourth-order valence-corrected chi connectivity index (χ4v) is 3.25. The minimum atomic E-state index is 0.394. The first-order valence-corrected chi connectivity index (χ1v) is 8.66. The highest BCUT2D eigenvalue weighted by molar-refractivity contribution is 5.08. The summed E-state index contributed by atoms with van der Waals surface area (Å²) >= 11 is 0. The molecular formula is C17H32N4. The second-order valence-electron chi connectivity index (χ2n) is 6.43. The van der Waals surface area contributed by atoms with Crippen molar-refractivity contribution in [3.63, 3.8) is 0 Å². The van der Waals surface area contributed by atoms with Gasteiger partial charge in [-0.25, -0.2) is 0 Å². The summed E-state index contributed by atoms with van der Waals surface area (Å²) in [5.41, 5.74) is 1.29. The van der Waals surface area contributed by atoms with Gasteiger partial charge in [0.2, 0.25) is 0 Å². The molecular weight excluding hydrogens is 260 g/mol. The van der Waals surface area contributed by atoms with Crippen LogP contribution in [-0.2, 0) is 6.54 Å². The van der Waals surface area contributed by atoms with Crippen molar-refractivity contribution in [2.75, 3.05) is 20.1 Å². The Kier molecular flexibility index (Phi) is 6.71. The third kappa shape index (κ3) is 5.11. The van der Waals surface area contributed by atoms with Crippen LogP contribution in [0.15, 0.2) is 12.4 Å². The first-order valence-electron chi connectivity index (χ1n) is 8.66. The Labute approximate surface area is 129 Å². The van der Waals surface area contributed by atoms with Gasteiger partial charge < -0.3 is 10.2 Å². The van der Waals surface area contributed by atoms with Gasteiger partial charge in [0, 0.05) is 30.4 Å². The fourth-order valence-electron chi connectivity index (χ4n) is 3.25. The first-order chi connectivity index (χ1) is 10.2. The monoisotopic (exact) mass is 292 g/mol. The van der Waals surface area contributed by atoms with E-state index in [1.54, 1.807) is 0 Å². The van der Waals surface area contributed by atoms with Crippen LogP contribution >= 0.6 is 0 Å². The molecule has 0 bridgehead atoms. The molecule has 1 N–H and O–H groups in total.